The molecule has 0 fully saturated rings. The molecule has 0 atom stereocenters. The Morgan fingerprint density at radius 3 is 2.72 bits per heavy atom. The van der Waals surface area contributed by atoms with E-state index in [4.69, 9.17) is 16.3 Å². The van der Waals surface area contributed by atoms with Gasteiger partial charge in [0.25, 0.3) is 11.7 Å². The number of ether oxygens (including phenoxy) is 1. The van der Waals surface area contributed by atoms with E-state index in [2.05, 4.69) is 32.8 Å². The fourth-order valence-electron chi connectivity index (χ4n) is 3.71. The number of carbonyl (C=O) groups excluding carboxylic acids is 1. The number of fused-ring (bicyclic) bond motifs is 1. The van der Waals surface area contributed by atoms with E-state index in [-0.39, 0.29) is 24.9 Å². The first-order valence-corrected chi connectivity index (χ1v) is 9.75. The molecule has 2 heterocycles. The molecule has 5 nitrogen and oxygen atoms in total. The van der Waals surface area contributed by atoms with Crippen molar-refractivity contribution in [3.05, 3.63) is 65.1 Å². The summed E-state index contributed by atoms with van der Waals surface area (Å²) in [6.07, 6.45) is 4.13. The molecule has 4 rings (SSSR count). The molecule has 1 aliphatic rings. The Balaban J connectivity index is 0.00000240. The molecule has 7 heteroatoms. The Bertz CT molecular complexity index is 1030. The van der Waals surface area contributed by atoms with Crippen molar-refractivity contribution in [1.29, 1.82) is 0 Å². The van der Waals surface area contributed by atoms with Gasteiger partial charge in [-0.05, 0) is 55.3 Å². The zero-order chi connectivity index (χ0) is 19.7. The number of nitrogens with one attached hydrogen (secondary N) is 1. The molecule has 1 aromatic heterocycles. The van der Waals surface area contributed by atoms with E-state index in [0.717, 1.165) is 47.6 Å². The van der Waals surface area contributed by atoms with Crippen molar-refractivity contribution in [3.63, 3.8) is 0 Å². The Hall–Kier alpha value is -2.50. The third-order valence-electron chi connectivity index (χ3n) is 5.17. The number of amides is 1. The molecule has 0 saturated heterocycles. The number of aryl methyl sites for hydroxylation is 1. The minimum absolute atomic E-state index is 0. The highest BCUT2D eigenvalue weighted by atomic mass is 35.5. The van der Waals surface area contributed by atoms with Gasteiger partial charge < -0.3 is 22.5 Å². The monoisotopic (exact) mass is 431 g/mol. The summed E-state index contributed by atoms with van der Waals surface area (Å²) in [6.45, 7) is 3.20. The van der Waals surface area contributed by atoms with Crippen molar-refractivity contribution in [2.75, 3.05) is 12.4 Å². The van der Waals surface area contributed by atoms with Gasteiger partial charge in [-0.2, -0.15) is 0 Å². The standard InChI is InChI=1S/C22H22ClN3O2.ClH/c1-15-5-8-17(23)12-19(15)24-21(27)14-25-13-20(26-11-3-4-22(25)26)16-6-9-18(28-2)10-7-16;/h5-10,12-13H,3-4,11,14H2,1-2H3;1H. The Morgan fingerprint density at radius 1 is 1.24 bits per heavy atom. The second-order valence-electron chi connectivity index (χ2n) is 7.05. The lowest BCUT2D eigenvalue weighted by Gasteiger charge is -2.08. The highest BCUT2D eigenvalue weighted by Crippen LogP contribution is 2.26. The lowest BCUT2D eigenvalue weighted by atomic mass is 10.1. The minimum atomic E-state index is -0.0584. The molecule has 152 valence electrons. The molecule has 0 radical (unpaired) electrons. The van der Waals surface area contributed by atoms with Crippen molar-refractivity contribution in [1.82, 2.24) is 4.57 Å². The largest absolute Gasteiger partial charge is 1.00 e. The fourth-order valence-corrected chi connectivity index (χ4v) is 3.88. The maximum Gasteiger partial charge on any atom is 0.266 e. The first-order chi connectivity index (χ1) is 13.5. The average Bonchev–Trinajstić information content (AvgIpc) is 3.29. The molecule has 1 N–H and O–H groups in total. The van der Waals surface area contributed by atoms with E-state index < -0.39 is 0 Å². The van der Waals surface area contributed by atoms with Gasteiger partial charge in [-0.25, -0.2) is 9.13 Å². The topological polar surface area (TPSA) is 47.1 Å². The highest BCUT2D eigenvalue weighted by Gasteiger charge is 2.29. The number of imidazole rings is 1. The number of halogens is 2. The number of benzene rings is 2. The summed E-state index contributed by atoms with van der Waals surface area (Å²) in [5.41, 5.74) is 3.99. The van der Waals surface area contributed by atoms with Crippen LogP contribution in [0.25, 0.3) is 11.3 Å². The van der Waals surface area contributed by atoms with Crippen molar-refractivity contribution in [2.24, 2.45) is 0 Å². The number of methoxy groups -OCH3 is 1. The maximum absolute atomic E-state index is 12.7. The number of rotatable bonds is 5. The lowest BCUT2D eigenvalue weighted by Crippen LogP contribution is -3.00. The molecule has 0 aliphatic carbocycles. The second kappa shape index (κ2) is 8.89. The van der Waals surface area contributed by atoms with Crippen molar-refractivity contribution in [2.45, 2.75) is 32.9 Å². The van der Waals surface area contributed by atoms with E-state index in [1.54, 1.807) is 13.2 Å². The molecular weight excluding hydrogens is 409 g/mol. The van der Waals surface area contributed by atoms with Gasteiger partial charge in [0, 0.05) is 16.3 Å². The van der Waals surface area contributed by atoms with Crippen LogP contribution in [0.4, 0.5) is 5.69 Å². The maximum atomic E-state index is 12.7. The predicted molar refractivity (Wildman–Crippen MR) is 110 cm³/mol. The van der Waals surface area contributed by atoms with Crippen LogP contribution in [0, 0.1) is 6.92 Å². The van der Waals surface area contributed by atoms with Crippen LogP contribution in [0.1, 0.15) is 17.8 Å². The summed E-state index contributed by atoms with van der Waals surface area (Å²) in [6, 6.07) is 13.5. The van der Waals surface area contributed by atoms with Crippen LogP contribution in [-0.4, -0.2) is 17.6 Å². The van der Waals surface area contributed by atoms with Crippen LogP contribution in [0.3, 0.4) is 0 Å². The van der Waals surface area contributed by atoms with Gasteiger partial charge in [0.2, 0.25) is 0 Å². The van der Waals surface area contributed by atoms with Gasteiger partial charge in [-0.1, -0.05) is 17.7 Å². The summed E-state index contributed by atoms with van der Waals surface area (Å²) in [4.78, 5) is 12.7. The smallest absolute Gasteiger partial charge is 0.266 e. The summed E-state index contributed by atoms with van der Waals surface area (Å²) in [5, 5.41) is 3.60. The number of carbonyl (C=O) groups is 1. The third-order valence-corrected chi connectivity index (χ3v) is 5.40. The number of hydrogen-bond acceptors (Lipinski definition) is 2. The molecule has 0 saturated carbocycles. The summed E-state index contributed by atoms with van der Waals surface area (Å²) >= 11 is 6.06. The first kappa shape index (κ1) is 21.2. The number of hydrogen-bond donors (Lipinski definition) is 1. The Morgan fingerprint density at radius 2 is 2.00 bits per heavy atom. The molecular formula is C22H23Cl2N3O2. The van der Waals surface area contributed by atoms with E-state index in [0.29, 0.717) is 5.02 Å². The normalized spacial score (nSPS) is 12.2. The number of aromatic nitrogens is 2. The molecule has 0 bridgehead atoms. The van der Waals surface area contributed by atoms with E-state index in [1.165, 1.54) is 5.82 Å². The summed E-state index contributed by atoms with van der Waals surface area (Å²) in [5.74, 6) is 1.96. The zero-order valence-electron chi connectivity index (χ0n) is 16.4. The van der Waals surface area contributed by atoms with Gasteiger partial charge in [0.15, 0.2) is 12.2 Å². The van der Waals surface area contributed by atoms with Crippen LogP contribution in [0.5, 0.6) is 5.75 Å². The average molecular weight is 432 g/mol. The summed E-state index contributed by atoms with van der Waals surface area (Å²) in [7, 11) is 1.66. The zero-order valence-corrected chi connectivity index (χ0v) is 17.9. The second-order valence-corrected chi connectivity index (χ2v) is 7.49. The van der Waals surface area contributed by atoms with Gasteiger partial charge in [0.1, 0.15) is 11.9 Å². The molecule has 3 aromatic rings. The van der Waals surface area contributed by atoms with Gasteiger partial charge >= 0.3 is 0 Å². The fraction of sp³-hybridized carbons (Fsp3) is 0.273. The Kier molecular flexibility index (Phi) is 6.50. The quantitative estimate of drug-likeness (QED) is 0.612. The van der Waals surface area contributed by atoms with Crippen LogP contribution in [-0.2, 0) is 24.3 Å². The molecule has 1 amide bonds. The molecule has 29 heavy (non-hydrogen) atoms. The molecule has 0 spiro atoms. The van der Waals surface area contributed by atoms with Gasteiger partial charge in [-0.15, -0.1) is 0 Å². The third kappa shape index (κ3) is 4.41. The first-order valence-electron chi connectivity index (χ1n) is 9.37. The van der Waals surface area contributed by atoms with E-state index in [9.17, 15) is 4.79 Å². The van der Waals surface area contributed by atoms with Crippen LogP contribution >= 0.6 is 11.6 Å². The Labute approximate surface area is 181 Å². The molecule has 0 unspecified atom stereocenters. The molecule has 2 aromatic carbocycles. The van der Waals surface area contributed by atoms with Crippen LogP contribution in [0.15, 0.2) is 48.7 Å². The highest BCUT2D eigenvalue weighted by molar-refractivity contribution is 6.31. The van der Waals surface area contributed by atoms with Crippen LogP contribution < -0.4 is 27.0 Å². The number of nitrogens with zero attached hydrogens (tertiary/aromatic N) is 2. The lowest BCUT2D eigenvalue weighted by molar-refractivity contribution is -0.690. The van der Waals surface area contributed by atoms with Crippen molar-refractivity contribution < 1.29 is 26.5 Å². The van der Waals surface area contributed by atoms with Gasteiger partial charge in [0.05, 0.1) is 20.1 Å². The van der Waals surface area contributed by atoms with Crippen LogP contribution in [0.2, 0.25) is 5.02 Å². The predicted octanol–water partition coefficient (Wildman–Crippen LogP) is 1.00. The minimum Gasteiger partial charge on any atom is -1.00 e. The number of anilines is 1. The van der Waals surface area contributed by atoms with Gasteiger partial charge in [-0.3, -0.25) is 4.79 Å². The molecule has 1 aliphatic heterocycles. The van der Waals surface area contributed by atoms with E-state index in [1.807, 2.05) is 31.2 Å². The SMILES string of the molecule is COc1ccc(-c2c[n+](CC(=O)Nc3cc(Cl)ccc3C)c3n2CCC3)cc1.[Cl-]. The summed E-state index contributed by atoms with van der Waals surface area (Å²) < 4.78 is 9.62. The van der Waals surface area contributed by atoms with Crippen molar-refractivity contribution in [3.8, 4) is 17.0 Å². The van der Waals surface area contributed by atoms with E-state index >= 15 is 0 Å². The van der Waals surface area contributed by atoms with Crippen molar-refractivity contribution >= 4 is 23.2 Å².